The molecule has 0 bridgehead atoms. The van der Waals surface area contributed by atoms with Crippen molar-refractivity contribution in [2.75, 3.05) is 27.8 Å². The first-order valence-corrected chi connectivity index (χ1v) is 5.44. The SMILES string of the molecule is COC(=O)C1=C(C(=O)OCC(=O)N(C)C)C1(C)C. The standard InChI is InChI=1S/C12H17NO5/c1-12(2)8(10(15)17-5)9(12)11(16)18-6-7(14)13(3)4/h6H2,1-5H3. The molecule has 1 aliphatic carbocycles. The third-order valence-electron chi connectivity index (χ3n) is 2.86. The van der Waals surface area contributed by atoms with Gasteiger partial charge in [0.15, 0.2) is 6.61 Å². The predicted molar refractivity (Wildman–Crippen MR) is 62.5 cm³/mol. The maximum atomic E-state index is 11.7. The Morgan fingerprint density at radius 1 is 1.11 bits per heavy atom. The topological polar surface area (TPSA) is 72.9 Å². The monoisotopic (exact) mass is 255 g/mol. The fraction of sp³-hybridized carbons (Fsp3) is 0.583. The normalized spacial score (nSPS) is 16.1. The molecule has 0 saturated heterocycles. The maximum absolute atomic E-state index is 11.7. The summed E-state index contributed by atoms with van der Waals surface area (Å²) in [5.74, 6) is -1.50. The van der Waals surface area contributed by atoms with Gasteiger partial charge in [0.05, 0.1) is 18.3 Å². The van der Waals surface area contributed by atoms with Gasteiger partial charge >= 0.3 is 11.9 Å². The quantitative estimate of drug-likeness (QED) is 0.667. The smallest absolute Gasteiger partial charge is 0.336 e. The Bertz CT molecular complexity index is 434. The molecule has 0 atom stereocenters. The van der Waals surface area contributed by atoms with Crippen LogP contribution < -0.4 is 0 Å². The molecule has 1 rings (SSSR count). The minimum atomic E-state index is -0.643. The van der Waals surface area contributed by atoms with Crippen LogP contribution in [0.1, 0.15) is 13.8 Å². The zero-order chi connectivity index (χ0) is 14.1. The van der Waals surface area contributed by atoms with Gasteiger partial charge in [0.2, 0.25) is 0 Å². The highest BCUT2D eigenvalue weighted by molar-refractivity contribution is 6.11. The van der Waals surface area contributed by atoms with Crippen LogP contribution in [0, 0.1) is 5.41 Å². The van der Waals surface area contributed by atoms with Gasteiger partial charge in [-0.1, -0.05) is 13.8 Å². The van der Waals surface area contributed by atoms with E-state index in [1.54, 1.807) is 27.9 Å². The molecule has 0 aromatic carbocycles. The molecule has 0 unspecified atom stereocenters. The minimum Gasteiger partial charge on any atom is -0.466 e. The number of nitrogens with zero attached hydrogens (tertiary/aromatic N) is 1. The second-order valence-electron chi connectivity index (χ2n) is 4.73. The summed E-state index contributed by atoms with van der Waals surface area (Å²) in [6, 6.07) is 0. The molecule has 6 nitrogen and oxygen atoms in total. The lowest BCUT2D eigenvalue weighted by atomic mass is 10.0. The fourth-order valence-corrected chi connectivity index (χ4v) is 1.61. The van der Waals surface area contributed by atoms with Crippen LogP contribution in [0.5, 0.6) is 0 Å². The molecular weight excluding hydrogens is 238 g/mol. The van der Waals surface area contributed by atoms with Crippen molar-refractivity contribution in [3.63, 3.8) is 0 Å². The largest absolute Gasteiger partial charge is 0.466 e. The molecule has 18 heavy (non-hydrogen) atoms. The third-order valence-corrected chi connectivity index (χ3v) is 2.86. The van der Waals surface area contributed by atoms with E-state index in [1.807, 2.05) is 0 Å². The molecule has 0 aromatic heterocycles. The number of hydrogen-bond donors (Lipinski definition) is 0. The van der Waals surface area contributed by atoms with Crippen molar-refractivity contribution in [2.45, 2.75) is 13.8 Å². The van der Waals surface area contributed by atoms with E-state index in [2.05, 4.69) is 4.74 Å². The summed E-state index contributed by atoms with van der Waals surface area (Å²) in [4.78, 5) is 35.7. The van der Waals surface area contributed by atoms with Gasteiger partial charge in [0.25, 0.3) is 5.91 Å². The lowest BCUT2D eigenvalue weighted by molar-refractivity contribution is -0.147. The molecule has 0 radical (unpaired) electrons. The van der Waals surface area contributed by atoms with E-state index in [0.717, 1.165) is 0 Å². The van der Waals surface area contributed by atoms with Crippen molar-refractivity contribution < 1.29 is 23.9 Å². The van der Waals surface area contributed by atoms with Crippen LogP contribution in [0.2, 0.25) is 0 Å². The summed E-state index contributed by atoms with van der Waals surface area (Å²) in [7, 11) is 4.38. The molecule has 0 fully saturated rings. The second kappa shape index (κ2) is 4.80. The second-order valence-corrected chi connectivity index (χ2v) is 4.73. The summed E-state index contributed by atoms with van der Waals surface area (Å²) in [6.45, 7) is 3.12. The van der Waals surface area contributed by atoms with Gasteiger partial charge in [-0.3, -0.25) is 4.79 Å². The van der Waals surface area contributed by atoms with Gasteiger partial charge in [-0.15, -0.1) is 0 Å². The van der Waals surface area contributed by atoms with Crippen LogP contribution in [0.4, 0.5) is 0 Å². The highest BCUT2D eigenvalue weighted by atomic mass is 16.5. The molecule has 0 N–H and O–H groups in total. The summed E-state index contributed by atoms with van der Waals surface area (Å²) in [5.41, 5.74) is -0.0427. The predicted octanol–water partition coefficient (Wildman–Crippen LogP) is 0.127. The third kappa shape index (κ3) is 2.52. The molecule has 0 spiro atoms. The van der Waals surface area contributed by atoms with Gasteiger partial charge in [0.1, 0.15) is 0 Å². The molecule has 0 aromatic rings. The molecule has 0 heterocycles. The number of rotatable bonds is 4. The van der Waals surface area contributed by atoms with Gasteiger partial charge in [-0.2, -0.15) is 0 Å². The Kier molecular flexibility index (Phi) is 3.79. The van der Waals surface area contributed by atoms with Crippen molar-refractivity contribution in [3.8, 4) is 0 Å². The Balaban J connectivity index is 2.66. The minimum absolute atomic E-state index is 0.279. The zero-order valence-electron chi connectivity index (χ0n) is 11.2. The van der Waals surface area contributed by atoms with E-state index in [9.17, 15) is 14.4 Å². The van der Waals surface area contributed by atoms with Crippen molar-refractivity contribution in [3.05, 3.63) is 11.1 Å². The molecule has 100 valence electrons. The molecule has 1 amide bonds. The number of carbonyl (C=O) groups excluding carboxylic acids is 3. The van der Waals surface area contributed by atoms with Gasteiger partial charge < -0.3 is 14.4 Å². The molecule has 0 saturated carbocycles. The van der Waals surface area contributed by atoms with Crippen molar-refractivity contribution in [1.82, 2.24) is 4.90 Å². The maximum Gasteiger partial charge on any atom is 0.336 e. The Morgan fingerprint density at radius 3 is 2.06 bits per heavy atom. The van der Waals surface area contributed by atoms with E-state index in [-0.39, 0.29) is 18.1 Å². The van der Waals surface area contributed by atoms with Gasteiger partial charge in [-0.25, -0.2) is 9.59 Å². The van der Waals surface area contributed by atoms with E-state index in [1.165, 1.54) is 12.0 Å². The summed E-state index contributed by atoms with van der Waals surface area (Å²) < 4.78 is 9.43. The number of methoxy groups -OCH3 is 1. The van der Waals surface area contributed by atoms with Crippen molar-refractivity contribution >= 4 is 17.8 Å². The van der Waals surface area contributed by atoms with Gasteiger partial charge in [-0.05, 0) is 0 Å². The van der Waals surface area contributed by atoms with E-state index in [0.29, 0.717) is 5.57 Å². The first-order valence-electron chi connectivity index (χ1n) is 5.44. The molecule has 6 heteroatoms. The van der Waals surface area contributed by atoms with Crippen LogP contribution in [-0.4, -0.2) is 50.6 Å². The number of hydrogen-bond acceptors (Lipinski definition) is 5. The summed E-state index contributed by atoms with van der Waals surface area (Å²) in [5, 5.41) is 0. The first kappa shape index (κ1) is 14.2. The Labute approximate surface area is 106 Å². The van der Waals surface area contributed by atoms with E-state index >= 15 is 0 Å². The van der Waals surface area contributed by atoms with E-state index < -0.39 is 17.4 Å². The Morgan fingerprint density at radius 2 is 1.61 bits per heavy atom. The Hall–Kier alpha value is -1.85. The molecule has 1 aliphatic rings. The summed E-state index contributed by atoms with van der Waals surface area (Å²) >= 11 is 0. The number of carbonyl (C=O) groups is 3. The van der Waals surface area contributed by atoms with Gasteiger partial charge in [0, 0.05) is 19.5 Å². The zero-order valence-corrected chi connectivity index (χ0v) is 11.2. The van der Waals surface area contributed by atoms with Crippen LogP contribution in [0.3, 0.4) is 0 Å². The lowest BCUT2D eigenvalue weighted by Crippen LogP contribution is -2.27. The first-order chi connectivity index (χ1) is 8.23. The number of likely N-dealkylation sites (N-methyl/N-ethyl adjacent to an activating group) is 1. The average Bonchev–Trinajstić information content (AvgIpc) is 2.87. The van der Waals surface area contributed by atoms with Crippen molar-refractivity contribution in [2.24, 2.45) is 5.41 Å². The average molecular weight is 255 g/mol. The number of amides is 1. The molecule has 0 aliphatic heterocycles. The lowest BCUT2D eigenvalue weighted by Gasteiger charge is -2.10. The number of esters is 2. The highest BCUT2D eigenvalue weighted by Gasteiger charge is 2.54. The van der Waals surface area contributed by atoms with Crippen molar-refractivity contribution in [1.29, 1.82) is 0 Å². The summed E-state index contributed by atoms with van der Waals surface area (Å²) in [6.07, 6.45) is 0. The van der Waals surface area contributed by atoms with E-state index in [4.69, 9.17) is 4.74 Å². The number of ether oxygens (including phenoxy) is 2. The highest BCUT2D eigenvalue weighted by Crippen LogP contribution is 2.52. The van der Waals surface area contributed by atoms with Crippen LogP contribution in [0.25, 0.3) is 0 Å². The van der Waals surface area contributed by atoms with Crippen LogP contribution in [-0.2, 0) is 23.9 Å². The molecular formula is C12H17NO5. The van der Waals surface area contributed by atoms with Crippen LogP contribution in [0.15, 0.2) is 11.1 Å². The fourth-order valence-electron chi connectivity index (χ4n) is 1.61. The van der Waals surface area contributed by atoms with Crippen LogP contribution >= 0.6 is 0 Å².